The quantitative estimate of drug-likeness (QED) is 0.827. The van der Waals surface area contributed by atoms with Crippen molar-refractivity contribution in [2.24, 2.45) is 5.92 Å². The Labute approximate surface area is 114 Å². The molecule has 2 nitrogen and oxygen atoms in total. The van der Waals surface area contributed by atoms with Crippen LogP contribution in [0, 0.1) is 5.92 Å². The Balaban J connectivity index is 1.99. The normalized spacial score (nSPS) is 23.4. The van der Waals surface area contributed by atoms with Gasteiger partial charge >= 0.3 is 6.36 Å². The molecule has 1 aliphatic carbocycles. The summed E-state index contributed by atoms with van der Waals surface area (Å²) in [6, 6.07) is 4.47. The monoisotopic (exact) mass is 283 g/mol. The summed E-state index contributed by atoms with van der Waals surface area (Å²) in [6.45, 7) is 2.20. The van der Waals surface area contributed by atoms with Crippen LogP contribution in [0.3, 0.4) is 0 Å². The molecular weight excluding hydrogens is 267 g/mol. The molecule has 2 aromatic rings. The van der Waals surface area contributed by atoms with Crippen LogP contribution in [0.5, 0.6) is 5.75 Å². The maximum absolute atomic E-state index is 12.3. The molecule has 1 saturated carbocycles. The highest BCUT2D eigenvalue weighted by Gasteiger charge is 2.32. The number of rotatable bonds is 2. The first-order valence-corrected chi connectivity index (χ1v) is 6.81. The van der Waals surface area contributed by atoms with Gasteiger partial charge in [-0.05, 0) is 42.0 Å². The number of hydrogen-bond donors (Lipinski definition) is 1. The number of aromatic amines is 1. The standard InChI is InChI=1S/C15H16F3NO/c1-9-3-2-4-11(9)13-8-19-14-6-5-10(7-12(13)14)20-15(16,17)18/h5-9,11,19H,2-4H2,1H3. The van der Waals surface area contributed by atoms with E-state index in [1.54, 1.807) is 6.07 Å². The summed E-state index contributed by atoms with van der Waals surface area (Å²) in [4.78, 5) is 3.14. The van der Waals surface area contributed by atoms with E-state index in [1.165, 1.54) is 25.0 Å². The number of fused-ring (bicyclic) bond motifs is 1. The molecule has 0 saturated heterocycles. The SMILES string of the molecule is CC1CCCC1c1c[nH]c2ccc(OC(F)(F)F)cc12. The van der Waals surface area contributed by atoms with Crippen molar-refractivity contribution in [3.05, 3.63) is 30.0 Å². The molecule has 1 aromatic heterocycles. The fraction of sp³-hybridized carbons (Fsp3) is 0.467. The molecule has 0 bridgehead atoms. The van der Waals surface area contributed by atoms with Gasteiger partial charge in [0.25, 0.3) is 0 Å². The lowest BCUT2D eigenvalue weighted by Gasteiger charge is -2.15. The Morgan fingerprint density at radius 3 is 2.70 bits per heavy atom. The predicted octanol–water partition coefficient (Wildman–Crippen LogP) is 4.97. The van der Waals surface area contributed by atoms with Crippen LogP contribution in [-0.4, -0.2) is 11.3 Å². The van der Waals surface area contributed by atoms with Crippen molar-refractivity contribution >= 4 is 10.9 Å². The van der Waals surface area contributed by atoms with Crippen molar-refractivity contribution in [1.29, 1.82) is 0 Å². The van der Waals surface area contributed by atoms with Crippen molar-refractivity contribution in [1.82, 2.24) is 4.98 Å². The van der Waals surface area contributed by atoms with E-state index in [1.807, 2.05) is 6.20 Å². The van der Waals surface area contributed by atoms with Gasteiger partial charge in [0.2, 0.25) is 0 Å². The Kier molecular flexibility index (Phi) is 3.15. The zero-order valence-corrected chi connectivity index (χ0v) is 11.1. The molecule has 20 heavy (non-hydrogen) atoms. The average molecular weight is 283 g/mol. The second-order valence-corrected chi connectivity index (χ2v) is 5.51. The molecule has 2 unspecified atom stereocenters. The van der Waals surface area contributed by atoms with E-state index in [4.69, 9.17) is 0 Å². The minimum absolute atomic E-state index is 0.156. The van der Waals surface area contributed by atoms with E-state index >= 15 is 0 Å². The van der Waals surface area contributed by atoms with Gasteiger partial charge in [-0.1, -0.05) is 19.8 Å². The highest BCUT2D eigenvalue weighted by molar-refractivity contribution is 5.85. The van der Waals surface area contributed by atoms with Crippen molar-refractivity contribution in [3.63, 3.8) is 0 Å². The number of halogens is 3. The third kappa shape index (κ3) is 2.49. The van der Waals surface area contributed by atoms with E-state index in [-0.39, 0.29) is 5.75 Å². The number of nitrogens with one attached hydrogen (secondary N) is 1. The summed E-state index contributed by atoms with van der Waals surface area (Å²) in [5.41, 5.74) is 1.96. The molecule has 0 spiro atoms. The van der Waals surface area contributed by atoms with Gasteiger partial charge in [0, 0.05) is 17.1 Å². The van der Waals surface area contributed by atoms with Crippen LogP contribution >= 0.6 is 0 Å². The van der Waals surface area contributed by atoms with Gasteiger partial charge in [0.05, 0.1) is 0 Å². The van der Waals surface area contributed by atoms with Gasteiger partial charge < -0.3 is 9.72 Å². The topological polar surface area (TPSA) is 25.0 Å². The lowest BCUT2D eigenvalue weighted by Crippen LogP contribution is -2.17. The maximum Gasteiger partial charge on any atom is 0.573 e. The van der Waals surface area contributed by atoms with Crippen LogP contribution in [0.15, 0.2) is 24.4 Å². The lowest BCUT2D eigenvalue weighted by atomic mass is 9.90. The molecule has 0 aliphatic heterocycles. The number of H-pyrrole nitrogens is 1. The van der Waals surface area contributed by atoms with Crippen LogP contribution in [0.2, 0.25) is 0 Å². The second kappa shape index (κ2) is 4.72. The average Bonchev–Trinajstić information content (AvgIpc) is 2.92. The lowest BCUT2D eigenvalue weighted by molar-refractivity contribution is -0.274. The summed E-state index contributed by atoms with van der Waals surface area (Å²) in [5.74, 6) is 0.836. The number of aromatic nitrogens is 1. The highest BCUT2D eigenvalue weighted by Crippen LogP contribution is 2.42. The van der Waals surface area contributed by atoms with Crippen LogP contribution in [-0.2, 0) is 0 Å². The maximum atomic E-state index is 12.3. The van der Waals surface area contributed by atoms with E-state index in [2.05, 4.69) is 16.6 Å². The summed E-state index contributed by atoms with van der Waals surface area (Å²) in [6.07, 6.45) is 0.727. The first-order chi connectivity index (χ1) is 9.44. The second-order valence-electron chi connectivity index (χ2n) is 5.51. The van der Waals surface area contributed by atoms with Crippen molar-refractivity contribution < 1.29 is 17.9 Å². The molecule has 1 aliphatic rings. The fourth-order valence-corrected chi connectivity index (χ4v) is 3.23. The van der Waals surface area contributed by atoms with Crippen LogP contribution in [0.1, 0.15) is 37.7 Å². The first-order valence-electron chi connectivity index (χ1n) is 6.81. The van der Waals surface area contributed by atoms with E-state index in [0.29, 0.717) is 11.8 Å². The Bertz CT molecular complexity index is 617. The first kappa shape index (κ1) is 13.3. The minimum atomic E-state index is -4.65. The highest BCUT2D eigenvalue weighted by atomic mass is 19.4. The van der Waals surface area contributed by atoms with Crippen molar-refractivity contribution in [2.45, 2.75) is 38.5 Å². The molecule has 1 heterocycles. The van der Waals surface area contributed by atoms with Crippen LogP contribution in [0.25, 0.3) is 10.9 Å². The van der Waals surface area contributed by atoms with Crippen LogP contribution in [0.4, 0.5) is 13.2 Å². The molecule has 1 aromatic carbocycles. The number of hydrogen-bond acceptors (Lipinski definition) is 1. The Hall–Kier alpha value is -1.65. The van der Waals surface area contributed by atoms with Gasteiger partial charge in [-0.15, -0.1) is 13.2 Å². The molecule has 0 amide bonds. The Morgan fingerprint density at radius 1 is 1.25 bits per heavy atom. The van der Waals surface area contributed by atoms with Gasteiger partial charge in [-0.25, -0.2) is 0 Å². The van der Waals surface area contributed by atoms with Gasteiger partial charge in [-0.3, -0.25) is 0 Å². The third-order valence-electron chi connectivity index (χ3n) is 4.18. The third-order valence-corrected chi connectivity index (χ3v) is 4.18. The molecule has 0 radical (unpaired) electrons. The minimum Gasteiger partial charge on any atom is -0.406 e. The van der Waals surface area contributed by atoms with Gasteiger partial charge in [0.15, 0.2) is 0 Å². The summed E-state index contributed by atoms with van der Waals surface area (Å²) >= 11 is 0. The molecule has 3 rings (SSSR count). The number of alkyl halides is 3. The molecular formula is C15H16F3NO. The number of ether oxygens (including phenoxy) is 1. The van der Waals surface area contributed by atoms with Gasteiger partial charge in [0.1, 0.15) is 5.75 Å². The smallest absolute Gasteiger partial charge is 0.406 e. The predicted molar refractivity (Wildman–Crippen MR) is 70.7 cm³/mol. The zero-order valence-electron chi connectivity index (χ0n) is 11.1. The van der Waals surface area contributed by atoms with Crippen molar-refractivity contribution in [2.75, 3.05) is 0 Å². The molecule has 108 valence electrons. The van der Waals surface area contributed by atoms with E-state index in [0.717, 1.165) is 22.9 Å². The summed E-state index contributed by atoms with van der Waals surface area (Å²) in [7, 11) is 0. The molecule has 1 N–H and O–H groups in total. The zero-order chi connectivity index (χ0) is 14.3. The molecule has 5 heteroatoms. The molecule has 2 atom stereocenters. The summed E-state index contributed by atoms with van der Waals surface area (Å²) < 4.78 is 40.9. The fourth-order valence-electron chi connectivity index (χ4n) is 3.23. The summed E-state index contributed by atoms with van der Waals surface area (Å²) in [5, 5.41) is 0.838. The van der Waals surface area contributed by atoms with E-state index in [9.17, 15) is 13.2 Å². The largest absolute Gasteiger partial charge is 0.573 e. The van der Waals surface area contributed by atoms with E-state index < -0.39 is 6.36 Å². The Morgan fingerprint density at radius 2 is 2.05 bits per heavy atom. The molecule has 1 fully saturated rings. The van der Waals surface area contributed by atoms with Crippen molar-refractivity contribution in [3.8, 4) is 5.75 Å². The number of benzene rings is 1. The van der Waals surface area contributed by atoms with Crippen LogP contribution < -0.4 is 4.74 Å². The van der Waals surface area contributed by atoms with Gasteiger partial charge in [-0.2, -0.15) is 0 Å².